The number of hydrogen-bond donors (Lipinski definition) is 0. The highest BCUT2D eigenvalue weighted by atomic mass is 32.2. The lowest BCUT2D eigenvalue weighted by molar-refractivity contribution is -0.130. The summed E-state index contributed by atoms with van der Waals surface area (Å²) in [4.78, 5) is 14.9. The Morgan fingerprint density at radius 1 is 0.905 bits per heavy atom. The topological polar surface area (TPSA) is 56.1 Å². The molecule has 6 rings (SSSR count). The van der Waals surface area contributed by atoms with Crippen molar-refractivity contribution >= 4 is 34.3 Å². The van der Waals surface area contributed by atoms with Gasteiger partial charge in [0.2, 0.25) is 0 Å². The summed E-state index contributed by atoms with van der Waals surface area (Å²) in [6.45, 7) is 2.89. The molecule has 0 saturated heterocycles. The van der Waals surface area contributed by atoms with Crippen LogP contribution >= 0.6 is 11.8 Å². The molecular formula is C35H33N3O3S. The summed E-state index contributed by atoms with van der Waals surface area (Å²) >= 11 is 1.57. The van der Waals surface area contributed by atoms with Gasteiger partial charge in [0.05, 0.1) is 31.7 Å². The minimum atomic E-state index is -0.191. The van der Waals surface area contributed by atoms with Crippen molar-refractivity contribution in [2.75, 3.05) is 20.0 Å². The van der Waals surface area contributed by atoms with E-state index < -0.39 is 0 Å². The molecule has 0 bridgehead atoms. The number of thioether (sulfide) groups is 1. The molecule has 0 aliphatic carbocycles. The van der Waals surface area contributed by atoms with Gasteiger partial charge in [-0.05, 0) is 66.1 Å². The van der Waals surface area contributed by atoms with Crippen molar-refractivity contribution in [1.82, 2.24) is 9.58 Å². The number of carbonyl (C=O) groups is 1. The summed E-state index contributed by atoms with van der Waals surface area (Å²) in [6, 6.07) is 32.5. The molecular weight excluding hydrogens is 542 g/mol. The van der Waals surface area contributed by atoms with Gasteiger partial charge < -0.3 is 14.0 Å². The first kappa shape index (κ1) is 27.7. The van der Waals surface area contributed by atoms with Crippen LogP contribution in [0.15, 0.2) is 113 Å². The second-order valence-corrected chi connectivity index (χ2v) is 11.4. The lowest BCUT2D eigenvalue weighted by Crippen LogP contribution is -2.28. The number of amides is 1. The average Bonchev–Trinajstić information content (AvgIpc) is 3.62. The highest BCUT2D eigenvalue weighted by molar-refractivity contribution is 8.00. The van der Waals surface area contributed by atoms with Crippen molar-refractivity contribution < 1.29 is 14.3 Å². The van der Waals surface area contributed by atoms with E-state index in [1.54, 1.807) is 31.0 Å². The Hall–Kier alpha value is -4.49. The van der Waals surface area contributed by atoms with E-state index in [-0.39, 0.29) is 17.7 Å². The fourth-order valence-corrected chi connectivity index (χ4v) is 6.40. The van der Waals surface area contributed by atoms with Crippen LogP contribution < -0.4 is 9.47 Å². The number of benzene rings is 4. The van der Waals surface area contributed by atoms with E-state index in [0.717, 1.165) is 50.7 Å². The van der Waals surface area contributed by atoms with E-state index in [1.165, 1.54) is 11.1 Å². The van der Waals surface area contributed by atoms with Crippen molar-refractivity contribution in [3.05, 3.63) is 126 Å². The molecule has 0 unspecified atom stereocenters. The first-order valence-corrected chi connectivity index (χ1v) is 14.9. The molecule has 2 heterocycles. The van der Waals surface area contributed by atoms with Gasteiger partial charge in [-0.25, -0.2) is 5.01 Å². The molecule has 0 saturated carbocycles. The minimum absolute atomic E-state index is 0.0279. The third-order valence-electron chi connectivity index (χ3n) is 7.63. The van der Waals surface area contributed by atoms with Crippen LogP contribution in [0.1, 0.15) is 34.7 Å². The number of rotatable bonds is 9. The Morgan fingerprint density at radius 3 is 2.33 bits per heavy atom. The van der Waals surface area contributed by atoms with Gasteiger partial charge in [0, 0.05) is 35.0 Å². The van der Waals surface area contributed by atoms with Crippen molar-refractivity contribution in [1.29, 1.82) is 0 Å². The largest absolute Gasteiger partial charge is 0.497 e. The maximum atomic E-state index is 13.8. The van der Waals surface area contributed by atoms with Gasteiger partial charge in [-0.2, -0.15) is 5.10 Å². The average molecular weight is 576 g/mol. The van der Waals surface area contributed by atoms with Gasteiger partial charge >= 0.3 is 0 Å². The molecule has 0 spiro atoms. The van der Waals surface area contributed by atoms with Crippen molar-refractivity contribution in [2.45, 2.75) is 30.8 Å². The lowest BCUT2D eigenvalue weighted by atomic mass is 9.98. The second-order valence-electron chi connectivity index (χ2n) is 10.4. The van der Waals surface area contributed by atoms with Crippen LogP contribution in [-0.2, 0) is 11.3 Å². The number of ether oxygens (including phenoxy) is 2. The molecule has 4 aromatic carbocycles. The first-order chi connectivity index (χ1) is 20.5. The van der Waals surface area contributed by atoms with E-state index in [0.29, 0.717) is 6.42 Å². The molecule has 1 amide bonds. The van der Waals surface area contributed by atoms with Gasteiger partial charge in [0.1, 0.15) is 11.5 Å². The van der Waals surface area contributed by atoms with Crippen LogP contribution in [0, 0.1) is 6.92 Å². The van der Waals surface area contributed by atoms with Gasteiger partial charge in [0.25, 0.3) is 5.91 Å². The molecule has 7 heteroatoms. The predicted molar refractivity (Wildman–Crippen MR) is 170 cm³/mol. The molecule has 1 aromatic heterocycles. The van der Waals surface area contributed by atoms with Gasteiger partial charge in [-0.1, -0.05) is 60.2 Å². The third-order valence-corrected chi connectivity index (χ3v) is 8.66. The highest BCUT2D eigenvalue weighted by Gasteiger charge is 2.33. The summed E-state index contributed by atoms with van der Waals surface area (Å²) in [6.07, 6.45) is 2.80. The van der Waals surface area contributed by atoms with E-state index in [2.05, 4.69) is 66.2 Å². The minimum Gasteiger partial charge on any atom is -0.497 e. The molecule has 6 nitrogen and oxygen atoms in total. The molecule has 0 fully saturated rings. The molecule has 1 aliphatic heterocycles. The summed E-state index contributed by atoms with van der Waals surface area (Å²) in [7, 11) is 3.31. The number of methoxy groups -OCH3 is 2. The van der Waals surface area contributed by atoms with Crippen LogP contribution in [0.5, 0.6) is 11.5 Å². The molecule has 1 atom stereocenters. The van der Waals surface area contributed by atoms with E-state index >= 15 is 0 Å². The molecule has 212 valence electrons. The van der Waals surface area contributed by atoms with Crippen molar-refractivity contribution in [3.8, 4) is 11.5 Å². The zero-order valence-corrected chi connectivity index (χ0v) is 24.8. The van der Waals surface area contributed by atoms with Crippen LogP contribution in [0.25, 0.3) is 10.9 Å². The monoisotopic (exact) mass is 575 g/mol. The lowest BCUT2D eigenvalue weighted by Gasteiger charge is -2.22. The van der Waals surface area contributed by atoms with Crippen LogP contribution in [-0.4, -0.2) is 41.2 Å². The smallest absolute Gasteiger partial charge is 0.253 e. The van der Waals surface area contributed by atoms with E-state index in [1.807, 2.05) is 48.5 Å². The zero-order valence-electron chi connectivity index (χ0n) is 24.0. The van der Waals surface area contributed by atoms with Gasteiger partial charge in [-0.3, -0.25) is 4.79 Å². The standard InChI is InChI=1S/C35H33N3O3S/c1-24-7-6-8-25(19-24)21-37-22-34(30-9-4-5-10-32(30)37)42-23-35(39)38-33(27-13-17-29(41-3)18-14-27)20-31(36-38)26-11-15-28(40-2)16-12-26/h4-19,22,33H,20-21,23H2,1-3H3/t33-/m1/s1. The Labute approximate surface area is 250 Å². The second kappa shape index (κ2) is 12.2. The molecule has 0 N–H and O–H groups in total. The number of hydrogen-bond acceptors (Lipinski definition) is 5. The van der Waals surface area contributed by atoms with E-state index in [9.17, 15) is 4.79 Å². The van der Waals surface area contributed by atoms with Crippen LogP contribution in [0.3, 0.4) is 0 Å². The molecule has 0 radical (unpaired) electrons. The Bertz CT molecular complexity index is 1740. The summed E-state index contributed by atoms with van der Waals surface area (Å²) < 4.78 is 13.0. The maximum absolute atomic E-state index is 13.8. The Kier molecular flexibility index (Phi) is 8.02. The number of fused-ring (bicyclic) bond motifs is 1. The quantitative estimate of drug-likeness (QED) is 0.171. The van der Waals surface area contributed by atoms with Crippen molar-refractivity contribution in [2.24, 2.45) is 5.10 Å². The van der Waals surface area contributed by atoms with Gasteiger partial charge in [-0.15, -0.1) is 11.8 Å². The number of aryl methyl sites for hydroxylation is 1. The maximum Gasteiger partial charge on any atom is 0.253 e. The third kappa shape index (κ3) is 5.78. The van der Waals surface area contributed by atoms with E-state index in [4.69, 9.17) is 14.6 Å². The highest BCUT2D eigenvalue weighted by Crippen LogP contribution is 2.36. The van der Waals surface area contributed by atoms with Crippen LogP contribution in [0.4, 0.5) is 0 Å². The zero-order chi connectivity index (χ0) is 29.1. The number of carbonyl (C=O) groups excluding carboxylic acids is 1. The van der Waals surface area contributed by atoms with Crippen molar-refractivity contribution in [3.63, 3.8) is 0 Å². The normalized spacial score (nSPS) is 14.7. The summed E-state index contributed by atoms with van der Waals surface area (Å²) in [5.74, 6) is 1.82. The fourth-order valence-electron chi connectivity index (χ4n) is 5.46. The Morgan fingerprint density at radius 2 is 1.62 bits per heavy atom. The number of aromatic nitrogens is 1. The molecule has 1 aliphatic rings. The predicted octanol–water partition coefficient (Wildman–Crippen LogP) is 7.49. The summed E-state index contributed by atoms with van der Waals surface area (Å²) in [5.41, 5.74) is 6.55. The fraction of sp³-hybridized carbons (Fsp3) is 0.200. The molecule has 42 heavy (non-hydrogen) atoms. The summed E-state index contributed by atoms with van der Waals surface area (Å²) in [5, 5.41) is 7.69. The van der Waals surface area contributed by atoms with Gasteiger partial charge in [0.15, 0.2) is 0 Å². The molecule has 5 aromatic rings. The number of para-hydroxylation sites is 1. The number of nitrogens with zero attached hydrogens (tertiary/aromatic N) is 3. The number of hydrazone groups is 1. The van der Waals surface area contributed by atoms with Crippen LogP contribution in [0.2, 0.25) is 0 Å². The Balaban J connectivity index is 1.26. The SMILES string of the molecule is COc1ccc(C2=NN(C(=O)CSc3cn(Cc4cccc(C)c4)c4ccccc34)[C@@H](c3ccc(OC)cc3)C2)cc1. The first-order valence-electron chi connectivity index (χ1n) is 14.0.